The Labute approximate surface area is 102 Å². The monoisotopic (exact) mass is 258 g/mol. The lowest BCUT2D eigenvalue weighted by Crippen LogP contribution is -2.25. The van der Waals surface area contributed by atoms with Gasteiger partial charge in [-0.1, -0.05) is 13.8 Å². The first-order valence-electron chi connectivity index (χ1n) is 5.10. The average Bonchev–Trinajstić information content (AvgIpc) is 2.12. The molecule has 18 heavy (non-hydrogen) atoms. The number of aromatic carboxylic acids is 1. The molecule has 0 saturated carbocycles. The van der Waals surface area contributed by atoms with Crippen molar-refractivity contribution in [2.24, 2.45) is 0 Å². The topological polar surface area (TPSA) is 74.6 Å². The summed E-state index contributed by atoms with van der Waals surface area (Å²) < 4.78 is 27.4. The van der Waals surface area contributed by atoms with Crippen LogP contribution < -0.4 is 0 Å². The Balaban J connectivity index is 3.34. The van der Waals surface area contributed by atoms with E-state index in [4.69, 9.17) is 10.2 Å². The summed E-state index contributed by atoms with van der Waals surface area (Å²) in [7, 11) is 0. The van der Waals surface area contributed by atoms with E-state index >= 15 is 0 Å². The second-order valence-corrected chi connectivity index (χ2v) is 4.57. The highest BCUT2D eigenvalue weighted by Crippen LogP contribution is 2.32. The fraction of sp³-hybridized carbons (Fsp3) is 0.333. The van der Waals surface area contributed by atoms with Crippen molar-refractivity contribution in [3.8, 4) is 0 Å². The Morgan fingerprint density at radius 1 is 1.17 bits per heavy atom. The summed E-state index contributed by atoms with van der Waals surface area (Å²) in [5.74, 6) is -4.76. The molecule has 1 aromatic rings. The largest absolute Gasteiger partial charge is 0.481 e. The molecule has 0 heterocycles. The molecule has 2 N–H and O–H groups in total. The molecule has 0 saturated heterocycles. The zero-order valence-electron chi connectivity index (χ0n) is 9.83. The summed E-state index contributed by atoms with van der Waals surface area (Å²) in [4.78, 5) is 21.3. The number of halogens is 2. The maximum atomic E-state index is 13.7. The maximum Gasteiger partial charge on any atom is 0.335 e. The number of carboxylic acids is 2. The van der Waals surface area contributed by atoms with Gasteiger partial charge in [-0.15, -0.1) is 0 Å². The van der Waals surface area contributed by atoms with Crippen molar-refractivity contribution in [2.45, 2.75) is 25.7 Å². The van der Waals surface area contributed by atoms with Crippen LogP contribution in [0.15, 0.2) is 12.1 Å². The number of carbonyl (C=O) groups is 2. The number of carboxylic acid groups (broad SMARTS) is 2. The van der Waals surface area contributed by atoms with Gasteiger partial charge in [0.05, 0.1) is 12.0 Å². The fourth-order valence-corrected chi connectivity index (χ4v) is 1.81. The van der Waals surface area contributed by atoms with Gasteiger partial charge in [-0.3, -0.25) is 4.79 Å². The van der Waals surface area contributed by atoms with E-state index < -0.39 is 46.5 Å². The van der Waals surface area contributed by atoms with E-state index in [1.807, 2.05) is 0 Å². The molecule has 6 heteroatoms. The van der Waals surface area contributed by atoms with Crippen LogP contribution in [0.1, 0.15) is 36.2 Å². The van der Waals surface area contributed by atoms with Gasteiger partial charge in [0.25, 0.3) is 0 Å². The van der Waals surface area contributed by atoms with Crippen molar-refractivity contribution >= 4 is 11.9 Å². The van der Waals surface area contributed by atoms with Gasteiger partial charge in [-0.2, -0.15) is 0 Å². The van der Waals surface area contributed by atoms with Crippen LogP contribution in [0, 0.1) is 11.6 Å². The van der Waals surface area contributed by atoms with E-state index in [9.17, 15) is 18.4 Å². The molecule has 0 aliphatic carbocycles. The molecule has 1 rings (SSSR count). The second-order valence-electron chi connectivity index (χ2n) is 4.57. The number of benzene rings is 1. The molecule has 98 valence electrons. The standard InChI is InChI=1S/C12H12F2O4/c1-12(2,5-9(15)16)10-7(13)3-6(11(17)18)4-8(10)14/h3-4H,5H2,1-2H3,(H,15,16)(H,17,18). The van der Waals surface area contributed by atoms with E-state index in [0.717, 1.165) is 0 Å². The molecule has 0 bridgehead atoms. The number of hydrogen-bond acceptors (Lipinski definition) is 2. The molecule has 0 spiro atoms. The Bertz CT molecular complexity index is 486. The van der Waals surface area contributed by atoms with Gasteiger partial charge in [0.15, 0.2) is 0 Å². The molecule has 4 nitrogen and oxygen atoms in total. The summed E-state index contributed by atoms with van der Waals surface area (Å²) in [5, 5.41) is 17.3. The Morgan fingerprint density at radius 3 is 1.94 bits per heavy atom. The fourth-order valence-electron chi connectivity index (χ4n) is 1.81. The van der Waals surface area contributed by atoms with Gasteiger partial charge < -0.3 is 10.2 Å². The summed E-state index contributed by atoms with van der Waals surface area (Å²) in [6.45, 7) is 2.76. The van der Waals surface area contributed by atoms with Crippen molar-refractivity contribution in [3.05, 3.63) is 34.9 Å². The van der Waals surface area contributed by atoms with Crippen LogP contribution in [0.2, 0.25) is 0 Å². The lowest BCUT2D eigenvalue weighted by molar-refractivity contribution is -0.138. The quantitative estimate of drug-likeness (QED) is 0.869. The normalized spacial score (nSPS) is 11.3. The molecular weight excluding hydrogens is 246 g/mol. The van der Waals surface area contributed by atoms with Gasteiger partial charge >= 0.3 is 11.9 Å². The second kappa shape index (κ2) is 4.72. The number of hydrogen-bond donors (Lipinski definition) is 2. The molecule has 0 aliphatic heterocycles. The van der Waals surface area contributed by atoms with E-state index in [1.54, 1.807) is 0 Å². The van der Waals surface area contributed by atoms with Crippen LogP contribution in [-0.4, -0.2) is 22.2 Å². The third kappa shape index (κ3) is 2.82. The summed E-state index contributed by atoms with van der Waals surface area (Å²) in [6, 6.07) is 1.37. The van der Waals surface area contributed by atoms with Crippen molar-refractivity contribution in [3.63, 3.8) is 0 Å². The number of rotatable bonds is 4. The van der Waals surface area contributed by atoms with Crippen molar-refractivity contribution in [2.75, 3.05) is 0 Å². The van der Waals surface area contributed by atoms with Gasteiger partial charge in [0, 0.05) is 11.0 Å². The van der Waals surface area contributed by atoms with E-state index in [2.05, 4.69) is 0 Å². The lowest BCUT2D eigenvalue weighted by Gasteiger charge is -2.24. The SMILES string of the molecule is CC(C)(CC(=O)O)c1c(F)cc(C(=O)O)cc1F. The molecule has 0 amide bonds. The Kier molecular flexibility index (Phi) is 3.69. The van der Waals surface area contributed by atoms with Crippen LogP contribution in [0.25, 0.3) is 0 Å². The molecule has 0 aromatic heterocycles. The molecule has 0 unspecified atom stereocenters. The Morgan fingerprint density at radius 2 is 1.61 bits per heavy atom. The third-order valence-corrected chi connectivity index (χ3v) is 2.56. The van der Waals surface area contributed by atoms with E-state index in [1.165, 1.54) is 13.8 Å². The summed E-state index contributed by atoms with van der Waals surface area (Å²) in [5.41, 5.74) is -2.20. The smallest absolute Gasteiger partial charge is 0.335 e. The minimum atomic E-state index is -1.45. The maximum absolute atomic E-state index is 13.7. The van der Waals surface area contributed by atoms with Crippen LogP contribution in [-0.2, 0) is 10.2 Å². The molecular formula is C12H12F2O4. The van der Waals surface area contributed by atoms with Crippen LogP contribution >= 0.6 is 0 Å². The van der Waals surface area contributed by atoms with Crippen LogP contribution in [0.3, 0.4) is 0 Å². The van der Waals surface area contributed by atoms with Gasteiger partial charge in [0.1, 0.15) is 11.6 Å². The molecule has 0 aliphatic rings. The first-order chi connectivity index (χ1) is 8.15. The molecule has 0 radical (unpaired) electrons. The lowest BCUT2D eigenvalue weighted by atomic mass is 9.80. The van der Waals surface area contributed by atoms with Crippen molar-refractivity contribution < 1.29 is 28.6 Å². The summed E-state index contributed by atoms with van der Waals surface area (Å²) >= 11 is 0. The molecule has 0 fully saturated rings. The van der Waals surface area contributed by atoms with Gasteiger partial charge in [-0.05, 0) is 12.1 Å². The van der Waals surface area contributed by atoms with Crippen LogP contribution in [0.4, 0.5) is 8.78 Å². The molecule has 0 atom stereocenters. The number of aliphatic carboxylic acids is 1. The zero-order chi connectivity index (χ0) is 14.1. The highest BCUT2D eigenvalue weighted by Gasteiger charge is 2.31. The Hall–Kier alpha value is -1.98. The molecule has 1 aromatic carbocycles. The highest BCUT2D eigenvalue weighted by molar-refractivity contribution is 5.87. The predicted octanol–water partition coefficient (Wildman–Crippen LogP) is 2.42. The third-order valence-electron chi connectivity index (χ3n) is 2.56. The average molecular weight is 258 g/mol. The van der Waals surface area contributed by atoms with Gasteiger partial charge in [-0.25, -0.2) is 13.6 Å². The van der Waals surface area contributed by atoms with E-state index in [-0.39, 0.29) is 0 Å². The predicted molar refractivity (Wildman–Crippen MR) is 58.6 cm³/mol. The zero-order valence-corrected chi connectivity index (χ0v) is 9.83. The van der Waals surface area contributed by atoms with E-state index in [0.29, 0.717) is 12.1 Å². The minimum Gasteiger partial charge on any atom is -0.481 e. The highest BCUT2D eigenvalue weighted by atomic mass is 19.1. The summed E-state index contributed by atoms with van der Waals surface area (Å²) in [6.07, 6.45) is -0.465. The first kappa shape index (κ1) is 14.1. The van der Waals surface area contributed by atoms with Crippen molar-refractivity contribution in [1.82, 2.24) is 0 Å². The minimum absolute atomic E-state index is 0.421. The van der Waals surface area contributed by atoms with Crippen molar-refractivity contribution in [1.29, 1.82) is 0 Å². The first-order valence-corrected chi connectivity index (χ1v) is 5.10. The van der Waals surface area contributed by atoms with Crippen LogP contribution in [0.5, 0.6) is 0 Å². The van der Waals surface area contributed by atoms with Gasteiger partial charge in [0.2, 0.25) is 0 Å².